The number of hydrogen-bond donors (Lipinski definition) is 0. The van der Waals surface area contributed by atoms with Crippen LogP contribution < -0.4 is 0 Å². The molecule has 0 radical (unpaired) electrons. The van der Waals surface area contributed by atoms with E-state index in [1.54, 1.807) is 0 Å². The Morgan fingerprint density at radius 3 is 1.94 bits per heavy atom. The highest BCUT2D eigenvalue weighted by Crippen LogP contribution is 2.23. The molecule has 0 aliphatic heterocycles. The minimum absolute atomic E-state index is 0.468. The molecule has 1 atom stereocenters. The van der Waals surface area contributed by atoms with Gasteiger partial charge in [-0.3, -0.25) is 0 Å². The topological polar surface area (TPSA) is 9.23 Å². The molecule has 0 aromatic carbocycles. The average Bonchev–Trinajstić information content (AvgIpc) is 2.13. The molecule has 0 unspecified atom stereocenters. The third-order valence-electron chi connectivity index (χ3n) is 3.09. The van der Waals surface area contributed by atoms with E-state index in [0.717, 1.165) is 5.92 Å². The summed E-state index contributed by atoms with van der Waals surface area (Å²) in [5, 5.41) is 0. The van der Waals surface area contributed by atoms with Gasteiger partial charge in [-0.25, -0.2) is 0 Å². The Labute approximate surface area is 103 Å². The van der Waals surface area contributed by atoms with Crippen molar-refractivity contribution in [3.63, 3.8) is 0 Å². The standard InChI is InChI=1S/C15H32O/c1-13(2)9-7-10-14(16-6)11-8-12-15(3,4)5/h13-14H,7-12H2,1-6H3/t14-/m0/s1. The van der Waals surface area contributed by atoms with Crippen LogP contribution in [0.1, 0.15) is 73.1 Å². The molecule has 0 rings (SSSR count). The maximum atomic E-state index is 5.55. The summed E-state index contributed by atoms with van der Waals surface area (Å²) >= 11 is 0. The zero-order chi connectivity index (χ0) is 12.6. The second kappa shape index (κ2) is 8.11. The average molecular weight is 228 g/mol. The van der Waals surface area contributed by atoms with Crippen molar-refractivity contribution in [3.05, 3.63) is 0 Å². The van der Waals surface area contributed by atoms with E-state index >= 15 is 0 Å². The second-order valence-corrected chi connectivity index (χ2v) is 6.64. The first kappa shape index (κ1) is 16.0. The van der Waals surface area contributed by atoms with Crippen LogP contribution >= 0.6 is 0 Å². The van der Waals surface area contributed by atoms with Crippen LogP contribution in [0, 0.1) is 11.3 Å². The predicted molar refractivity (Wildman–Crippen MR) is 72.8 cm³/mol. The Kier molecular flexibility index (Phi) is 8.09. The summed E-state index contributed by atoms with van der Waals surface area (Å²) in [6.07, 6.45) is 8.19. The van der Waals surface area contributed by atoms with Crippen LogP contribution in [0.15, 0.2) is 0 Å². The molecule has 98 valence electrons. The fourth-order valence-corrected chi connectivity index (χ4v) is 1.99. The molecule has 0 N–H and O–H groups in total. The molecule has 0 aromatic heterocycles. The van der Waals surface area contributed by atoms with Gasteiger partial charge in [-0.15, -0.1) is 0 Å². The zero-order valence-corrected chi connectivity index (χ0v) is 12.3. The lowest BCUT2D eigenvalue weighted by Gasteiger charge is -2.20. The lowest BCUT2D eigenvalue weighted by atomic mass is 9.89. The van der Waals surface area contributed by atoms with Gasteiger partial charge in [0.25, 0.3) is 0 Å². The first-order chi connectivity index (χ1) is 7.35. The van der Waals surface area contributed by atoms with E-state index in [4.69, 9.17) is 4.74 Å². The summed E-state index contributed by atoms with van der Waals surface area (Å²) < 4.78 is 5.55. The summed E-state index contributed by atoms with van der Waals surface area (Å²) in [7, 11) is 1.86. The van der Waals surface area contributed by atoms with E-state index in [0.29, 0.717) is 11.5 Å². The number of rotatable bonds is 8. The van der Waals surface area contributed by atoms with Crippen molar-refractivity contribution in [1.82, 2.24) is 0 Å². The van der Waals surface area contributed by atoms with Gasteiger partial charge < -0.3 is 4.74 Å². The highest BCUT2D eigenvalue weighted by molar-refractivity contribution is 4.65. The number of hydrogen-bond acceptors (Lipinski definition) is 1. The van der Waals surface area contributed by atoms with Crippen LogP contribution in [0.25, 0.3) is 0 Å². The SMILES string of the molecule is CO[C@@H](CCCC(C)C)CCCC(C)(C)C. The largest absolute Gasteiger partial charge is 0.381 e. The zero-order valence-electron chi connectivity index (χ0n) is 12.3. The molecule has 0 fully saturated rings. The molecular weight excluding hydrogens is 196 g/mol. The molecule has 1 nitrogen and oxygen atoms in total. The minimum atomic E-state index is 0.468. The molecule has 0 amide bonds. The third-order valence-corrected chi connectivity index (χ3v) is 3.09. The van der Waals surface area contributed by atoms with Crippen molar-refractivity contribution in [3.8, 4) is 0 Å². The van der Waals surface area contributed by atoms with Gasteiger partial charge in [0, 0.05) is 7.11 Å². The number of ether oxygens (including phenoxy) is 1. The van der Waals surface area contributed by atoms with Crippen molar-refractivity contribution in [1.29, 1.82) is 0 Å². The molecule has 1 heteroatoms. The highest BCUT2D eigenvalue weighted by atomic mass is 16.5. The van der Waals surface area contributed by atoms with Crippen LogP contribution in [0.4, 0.5) is 0 Å². The summed E-state index contributed by atoms with van der Waals surface area (Å²) in [6, 6.07) is 0. The Morgan fingerprint density at radius 1 is 0.938 bits per heavy atom. The minimum Gasteiger partial charge on any atom is -0.381 e. The van der Waals surface area contributed by atoms with Gasteiger partial charge in [-0.2, -0.15) is 0 Å². The van der Waals surface area contributed by atoms with Gasteiger partial charge in [0.15, 0.2) is 0 Å². The van der Waals surface area contributed by atoms with E-state index < -0.39 is 0 Å². The van der Waals surface area contributed by atoms with E-state index in [9.17, 15) is 0 Å². The van der Waals surface area contributed by atoms with Crippen molar-refractivity contribution in [2.45, 2.75) is 79.2 Å². The third kappa shape index (κ3) is 10.5. The summed E-state index contributed by atoms with van der Waals surface area (Å²) in [5.41, 5.74) is 0.468. The molecule has 0 heterocycles. The first-order valence-electron chi connectivity index (χ1n) is 6.88. The molecule has 16 heavy (non-hydrogen) atoms. The Hall–Kier alpha value is -0.0400. The van der Waals surface area contributed by atoms with Crippen LogP contribution in [0.3, 0.4) is 0 Å². The predicted octanol–water partition coefficient (Wildman–Crippen LogP) is 5.04. The molecule has 0 spiro atoms. The lowest BCUT2D eigenvalue weighted by Crippen LogP contribution is -2.13. The molecule has 0 aliphatic carbocycles. The van der Waals surface area contributed by atoms with E-state index in [1.807, 2.05) is 7.11 Å². The lowest BCUT2D eigenvalue weighted by molar-refractivity contribution is 0.0802. The summed E-state index contributed by atoms with van der Waals surface area (Å²) in [5.74, 6) is 0.826. The quantitative estimate of drug-likeness (QED) is 0.565. The fraction of sp³-hybridized carbons (Fsp3) is 1.00. The normalized spacial score (nSPS) is 14.4. The monoisotopic (exact) mass is 228 g/mol. The smallest absolute Gasteiger partial charge is 0.0571 e. The highest BCUT2D eigenvalue weighted by Gasteiger charge is 2.12. The fourth-order valence-electron chi connectivity index (χ4n) is 1.99. The van der Waals surface area contributed by atoms with Crippen molar-refractivity contribution in [2.24, 2.45) is 11.3 Å². The second-order valence-electron chi connectivity index (χ2n) is 6.64. The first-order valence-corrected chi connectivity index (χ1v) is 6.88. The number of methoxy groups -OCH3 is 1. The maximum Gasteiger partial charge on any atom is 0.0571 e. The van der Waals surface area contributed by atoms with E-state index in [-0.39, 0.29) is 0 Å². The Bertz CT molecular complexity index is 155. The molecule has 0 saturated heterocycles. The summed E-state index contributed by atoms with van der Waals surface area (Å²) in [4.78, 5) is 0. The van der Waals surface area contributed by atoms with Crippen LogP contribution in [0.5, 0.6) is 0 Å². The van der Waals surface area contributed by atoms with Gasteiger partial charge in [-0.05, 0) is 30.6 Å². The van der Waals surface area contributed by atoms with Gasteiger partial charge >= 0.3 is 0 Å². The van der Waals surface area contributed by atoms with Gasteiger partial charge in [0.1, 0.15) is 0 Å². The van der Waals surface area contributed by atoms with E-state index in [1.165, 1.54) is 38.5 Å². The molecule has 0 aliphatic rings. The van der Waals surface area contributed by atoms with E-state index in [2.05, 4.69) is 34.6 Å². The van der Waals surface area contributed by atoms with Crippen molar-refractivity contribution >= 4 is 0 Å². The van der Waals surface area contributed by atoms with Crippen LogP contribution in [-0.2, 0) is 4.74 Å². The summed E-state index contributed by atoms with van der Waals surface area (Å²) in [6.45, 7) is 11.5. The Morgan fingerprint density at radius 2 is 1.50 bits per heavy atom. The Balaban J connectivity index is 3.59. The molecule has 0 bridgehead atoms. The molecular formula is C15H32O. The van der Waals surface area contributed by atoms with Crippen molar-refractivity contribution < 1.29 is 4.74 Å². The van der Waals surface area contributed by atoms with Crippen LogP contribution in [-0.4, -0.2) is 13.2 Å². The van der Waals surface area contributed by atoms with Crippen LogP contribution in [0.2, 0.25) is 0 Å². The maximum absolute atomic E-state index is 5.55. The van der Waals surface area contributed by atoms with Crippen molar-refractivity contribution in [2.75, 3.05) is 7.11 Å². The molecule has 0 aromatic rings. The van der Waals surface area contributed by atoms with Gasteiger partial charge in [0.05, 0.1) is 6.10 Å². The molecule has 0 saturated carbocycles. The van der Waals surface area contributed by atoms with Gasteiger partial charge in [0.2, 0.25) is 0 Å². The van der Waals surface area contributed by atoms with Gasteiger partial charge in [-0.1, -0.05) is 53.9 Å².